The van der Waals surface area contributed by atoms with Crippen LogP contribution in [0.3, 0.4) is 0 Å². The Kier molecular flexibility index (Phi) is 3.98. The molecule has 0 bridgehead atoms. The monoisotopic (exact) mass is 293 g/mol. The highest BCUT2D eigenvalue weighted by molar-refractivity contribution is 5.77. The largest absolute Gasteiger partial charge is 0.486 e. The second-order valence-corrected chi connectivity index (χ2v) is 5.34. The van der Waals surface area contributed by atoms with Crippen LogP contribution in [0.4, 0.5) is 0 Å². The van der Waals surface area contributed by atoms with E-state index in [1.165, 1.54) is 7.11 Å². The lowest BCUT2D eigenvalue weighted by Gasteiger charge is -2.27. The minimum absolute atomic E-state index is 0.0541. The summed E-state index contributed by atoms with van der Waals surface area (Å²) >= 11 is 0. The Labute approximate surface area is 123 Å². The Hall–Kier alpha value is -1.79. The van der Waals surface area contributed by atoms with Crippen LogP contribution in [-0.4, -0.2) is 61.0 Å². The fourth-order valence-electron chi connectivity index (χ4n) is 2.68. The van der Waals surface area contributed by atoms with Crippen molar-refractivity contribution < 1.29 is 24.1 Å². The number of β-amino-alcohol motifs (C(OH)–C–C–N with tert-alkyl or cyclic N) is 1. The first-order valence-electron chi connectivity index (χ1n) is 7.04. The van der Waals surface area contributed by atoms with Gasteiger partial charge in [-0.15, -0.1) is 0 Å². The molecule has 6 nitrogen and oxygen atoms in total. The van der Waals surface area contributed by atoms with Crippen molar-refractivity contribution in [2.75, 3.05) is 26.8 Å². The predicted octanol–water partition coefficient (Wildman–Crippen LogP) is 0.435. The molecule has 2 aliphatic heterocycles. The van der Waals surface area contributed by atoms with Gasteiger partial charge in [-0.25, -0.2) is 0 Å². The lowest BCUT2D eigenvalue weighted by molar-refractivity contribution is -0.133. The summed E-state index contributed by atoms with van der Waals surface area (Å²) in [7, 11) is 1.54. The molecule has 1 fully saturated rings. The quantitative estimate of drug-likeness (QED) is 0.875. The molecule has 3 atom stereocenters. The highest BCUT2D eigenvalue weighted by Gasteiger charge is 2.35. The molecule has 6 heteroatoms. The van der Waals surface area contributed by atoms with Gasteiger partial charge in [0, 0.05) is 20.2 Å². The van der Waals surface area contributed by atoms with Gasteiger partial charge < -0.3 is 24.2 Å². The number of hydrogen-bond acceptors (Lipinski definition) is 5. The molecule has 0 aliphatic carbocycles. The van der Waals surface area contributed by atoms with E-state index in [0.29, 0.717) is 31.2 Å². The minimum atomic E-state index is -0.622. The number of amides is 1. The summed E-state index contributed by atoms with van der Waals surface area (Å²) < 4.78 is 16.5. The fourth-order valence-corrected chi connectivity index (χ4v) is 2.68. The number of hydrogen-bond donors (Lipinski definition) is 1. The van der Waals surface area contributed by atoms with E-state index in [1.807, 2.05) is 24.3 Å². The number of aliphatic hydroxyl groups is 1. The van der Waals surface area contributed by atoms with Crippen LogP contribution >= 0.6 is 0 Å². The number of benzene rings is 1. The summed E-state index contributed by atoms with van der Waals surface area (Å²) in [4.78, 5) is 13.9. The average molecular weight is 293 g/mol. The number of methoxy groups -OCH3 is 1. The van der Waals surface area contributed by atoms with Crippen LogP contribution in [0.2, 0.25) is 0 Å². The van der Waals surface area contributed by atoms with Gasteiger partial charge >= 0.3 is 0 Å². The van der Waals surface area contributed by atoms with Gasteiger partial charge in [0.2, 0.25) is 5.91 Å². The number of likely N-dealkylation sites (tertiary alicyclic amines) is 1. The summed E-state index contributed by atoms with van der Waals surface area (Å²) in [5.74, 6) is 1.32. The number of ether oxygens (including phenoxy) is 3. The maximum atomic E-state index is 12.3. The van der Waals surface area contributed by atoms with E-state index in [0.717, 1.165) is 0 Å². The second-order valence-electron chi connectivity index (χ2n) is 5.34. The molecule has 2 aliphatic rings. The molecule has 0 saturated carbocycles. The number of carbonyl (C=O) groups is 1. The first-order chi connectivity index (χ1) is 10.2. The smallest absolute Gasteiger partial charge is 0.226 e. The van der Waals surface area contributed by atoms with Crippen molar-refractivity contribution in [1.29, 1.82) is 0 Å². The number of carbonyl (C=O) groups excluding carboxylic acids is 1. The third kappa shape index (κ3) is 2.96. The number of aliphatic hydroxyl groups excluding tert-OH is 1. The zero-order valence-corrected chi connectivity index (χ0v) is 11.9. The van der Waals surface area contributed by atoms with Crippen molar-refractivity contribution >= 4 is 5.91 Å². The minimum Gasteiger partial charge on any atom is -0.486 e. The number of fused-ring (bicyclic) bond motifs is 1. The molecule has 0 radical (unpaired) electrons. The van der Waals surface area contributed by atoms with Gasteiger partial charge in [-0.2, -0.15) is 0 Å². The van der Waals surface area contributed by atoms with Crippen molar-refractivity contribution in [3.05, 3.63) is 24.3 Å². The molecule has 1 aromatic rings. The maximum Gasteiger partial charge on any atom is 0.226 e. The Bertz CT molecular complexity index is 521. The molecule has 0 spiro atoms. The van der Waals surface area contributed by atoms with E-state index in [4.69, 9.17) is 14.2 Å². The van der Waals surface area contributed by atoms with Crippen molar-refractivity contribution in [2.24, 2.45) is 0 Å². The van der Waals surface area contributed by atoms with Crippen molar-refractivity contribution in [2.45, 2.75) is 24.7 Å². The van der Waals surface area contributed by atoms with E-state index in [-0.39, 0.29) is 24.5 Å². The number of para-hydroxylation sites is 2. The van der Waals surface area contributed by atoms with Crippen molar-refractivity contribution in [3.63, 3.8) is 0 Å². The Morgan fingerprint density at radius 3 is 2.86 bits per heavy atom. The summed E-state index contributed by atoms with van der Waals surface area (Å²) in [5.41, 5.74) is 0. The van der Waals surface area contributed by atoms with E-state index in [1.54, 1.807) is 4.90 Å². The molecule has 21 heavy (non-hydrogen) atoms. The van der Waals surface area contributed by atoms with Gasteiger partial charge in [0.1, 0.15) is 18.8 Å². The van der Waals surface area contributed by atoms with Gasteiger partial charge in [0.25, 0.3) is 0 Å². The Balaban J connectivity index is 1.57. The van der Waals surface area contributed by atoms with Gasteiger partial charge in [0.15, 0.2) is 11.5 Å². The molecule has 2 heterocycles. The highest BCUT2D eigenvalue weighted by atomic mass is 16.6. The van der Waals surface area contributed by atoms with Crippen LogP contribution in [0.5, 0.6) is 11.5 Å². The highest BCUT2D eigenvalue weighted by Crippen LogP contribution is 2.31. The normalized spacial score (nSPS) is 27.7. The fraction of sp³-hybridized carbons (Fsp3) is 0.533. The molecule has 1 N–H and O–H groups in total. The van der Waals surface area contributed by atoms with Crippen LogP contribution in [-0.2, 0) is 9.53 Å². The van der Waals surface area contributed by atoms with Gasteiger partial charge in [-0.3, -0.25) is 4.79 Å². The molecular weight excluding hydrogens is 274 g/mol. The SMILES string of the molecule is CO[C@@H]1CN(C(=O)CC2COc3ccccc3O2)C[C@H]1O. The maximum absolute atomic E-state index is 12.3. The van der Waals surface area contributed by atoms with E-state index in [9.17, 15) is 9.90 Å². The van der Waals surface area contributed by atoms with Crippen LogP contribution < -0.4 is 9.47 Å². The summed E-state index contributed by atoms with van der Waals surface area (Å²) in [6, 6.07) is 7.41. The number of rotatable bonds is 3. The van der Waals surface area contributed by atoms with E-state index in [2.05, 4.69) is 0 Å². The molecule has 1 saturated heterocycles. The first kappa shape index (κ1) is 14.2. The van der Waals surface area contributed by atoms with Gasteiger partial charge in [-0.05, 0) is 12.1 Å². The van der Waals surface area contributed by atoms with Crippen LogP contribution in [0, 0.1) is 0 Å². The molecule has 1 aromatic carbocycles. The first-order valence-corrected chi connectivity index (χ1v) is 7.04. The van der Waals surface area contributed by atoms with Crippen molar-refractivity contribution in [1.82, 2.24) is 4.90 Å². The van der Waals surface area contributed by atoms with Crippen molar-refractivity contribution in [3.8, 4) is 11.5 Å². The topological polar surface area (TPSA) is 68.2 Å². The molecule has 0 aromatic heterocycles. The van der Waals surface area contributed by atoms with Crippen LogP contribution in [0.15, 0.2) is 24.3 Å². The molecule has 1 amide bonds. The average Bonchev–Trinajstić information content (AvgIpc) is 2.88. The van der Waals surface area contributed by atoms with E-state index < -0.39 is 6.10 Å². The van der Waals surface area contributed by atoms with Crippen LogP contribution in [0.1, 0.15) is 6.42 Å². The molecule has 3 rings (SSSR count). The second kappa shape index (κ2) is 5.91. The Morgan fingerprint density at radius 2 is 2.14 bits per heavy atom. The standard InChI is InChI=1S/C15H19NO5/c1-19-14-8-16(7-11(14)17)15(18)6-10-9-20-12-4-2-3-5-13(12)21-10/h2-5,10-11,14,17H,6-9H2,1H3/t10?,11-,14-/m1/s1. The third-order valence-electron chi connectivity index (χ3n) is 3.86. The van der Waals surface area contributed by atoms with Gasteiger partial charge in [-0.1, -0.05) is 12.1 Å². The van der Waals surface area contributed by atoms with E-state index >= 15 is 0 Å². The number of nitrogens with zero attached hydrogens (tertiary/aromatic N) is 1. The lowest BCUT2D eigenvalue weighted by Crippen LogP contribution is -2.37. The molecular formula is C15H19NO5. The zero-order chi connectivity index (χ0) is 14.8. The molecule has 1 unspecified atom stereocenters. The Morgan fingerprint density at radius 1 is 1.38 bits per heavy atom. The third-order valence-corrected chi connectivity index (χ3v) is 3.86. The summed E-state index contributed by atoms with van der Waals surface area (Å²) in [6.07, 6.45) is -0.996. The predicted molar refractivity (Wildman–Crippen MR) is 74.4 cm³/mol. The van der Waals surface area contributed by atoms with Crippen LogP contribution in [0.25, 0.3) is 0 Å². The summed E-state index contributed by atoms with van der Waals surface area (Å²) in [6.45, 7) is 1.08. The van der Waals surface area contributed by atoms with Gasteiger partial charge in [0.05, 0.1) is 12.5 Å². The summed E-state index contributed by atoms with van der Waals surface area (Å²) in [5, 5.41) is 9.77. The lowest BCUT2D eigenvalue weighted by atomic mass is 10.2. The zero-order valence-electron chi connectivity index (χ0n) is 11.9. The molecule has 114 valence electrons.